The van der Waals surface area contributed by atoms with Crippen molar-refractivity contribution in [3.05, 3.63) is 112 Å². The Labute approximate surface area is 455 Å². The second-order valence-corrected chi connectivity index (χ2v) is 22.0. The summed E-state index contributed by atoms with van der Waals surface area (Å²) in [4.78, 5) is 133. The van der Waals surface area contributed by atoms with Gasteiger partial charge >= 0.3 is 18.0 Å². The van der Waals surface area contributed by atoms with Gasteiger partial charge in [-0.25, -0.2) is 14.6 Å². The van der Waals surface area contributed by atoms with E-state index < -0.39 is 127 Å². The van der Waals surface area contributed by atoms with Gasteiger partial charge < -0.3 is 50.3 Å². The third kappa shape index (κ3) is 11.6. The number of Topliss-reactive ketones (excluding diaryl/α,β-unsaturated/α-hetero) is 1. The fraction of sp³-hybridized carbons (Fsp3) is 0.436. The van der Waals surface area contributed by atoms with Crippen molar-refractivity contribution < 1.29 is 82.3 Å². The maximum absolute atomic E-state index is 14.0. The van der Waals surface area contributed by atoms with Gasteiger partial charge in [0.1, 0.15) is 19.3 Å². The maximum Gasteiger partial charge on any atom is 0.413 e. The number of hydroxylamine groups is 2. The van der Waals surface area contributed by atoms with E-state index in [9.17, 15) is 63.3 Å². The van der Waals surface area contributed by atoms with Gasteiger partial charge in [-0.15, -0.1) is 11.3 Å². The van der Waals surface area contributed by atoms with Crippen LogP contribution in [0.15, 0.2) is 90.7 Å². The number of hydrogen-bond donors (Lipinski definition) is 7. The Balaban J connectivity index is 0.721. The van der Waals surface area contributed by atoms with Crippen molar-refractivity contribution in [1.29, 1.82) is 0 Å². The molecule has 1 saturated heterocycles. The van der Waals surface area contributed by atoms with Crippen molar-refractivity contribution in [1.82, 2.24) is 20.7 Å². The number of carboxylic acid groups (broad SMARTS) is 1. The minimum Gasteiger partial charge on any atom is -0.481 e. The number of fused-ring (bicyclic) bond motifs is 7. The molecule has 23 nitrogen and oxygen atoms in total. The molecule has 6 amide bonds. The quantitative estimate of drug-likeness (QED) is 0.0794. The second-order valence-electron chi connectivity index (χ2n) is 20.9. The van der Waals surface area contributed by atoms with E-state index in [1.807, 2.05) is 37.3 Å². The van der Waals surface area contributed by atoms with Gasteiger partial charge in [0.05, 0.1) is 25.2 Å². The number of thiazole rings is 1. The monoisotopic (exact) mass is 1110 g/mol. The van der Waals surface area contributed by atoms with Crippen molar-refractivity contribution in [2.75, 3.05) is 23.8 Å². The molecule has 6 aliphatic rings. The minimum absolute atomic E-state index is 0.0324. The lowest BCUT2D eigenvalue weighted by atomic mass is 9.46. The number of anilines is 2. The lowest BCUT2D eigenvalue weighted by Crippen LogP contribution is -2.63. The first-order valence-electron chi connectivity index (χ1n) is 25.7. The lowest BCUT2D eigenvalue weighted by molar-refractivity contribution is -0.201. The number of amides is 6. The number of imide groups is 1. The number of nitrogens with zero attached hydrogens (tertiary/aromatic N) is 2. The van der Waals surface area contributed by atoms with Gasteiger partial charge in [0.15, 0.2) is 28.6 Å². The van der Waals surface area contributed by atoms with Crippen molar-refractivity contribution in [3.63, 3.8) is 0 Å². The highest BCUT2D eigenvalue weighted by atomic mass is 32.1. The van der Waals surface area contributed by atoms with E-state index in [-0.39, 0.29) is 53.7 Å². The molecule has 3 saturated carbocycles. The van der Waals surface area contributed by atoms with E-state index in [1.54, 1.807) is 30.5 Å². The van der Waals surface area contributed by atoms with E-state index in [0.29, 0.717) is 35.5 Å². The van der Waals surface area contributed by atoms with Crippen LogP contribution in [0.25, 0.3) is 0 Å². The first-order chi connectivity index (χ1) is 37.7. The smallest absolute Gasteiger partial charge is 0.413 e. The van der Waals surface area contributed by atoms with Crippen LogP contribution in [0.5, 0.6) is 0 Å². The molecule has 1 aromatic heterocycles. The van der Waals surface area contributed by atoms with Crippen LogP contribution in [-0.2, 0) is 75.2 Å². The summed E-state index contributed by atoms with van der Waals surface area (Å²) in [5, 5.41) is 41.9. The number of allylic oxidation sites excluding steroid dienone is 4. The SMILES string of the molecule is C[C@]12C=CC(=O)C=C1CC[C@@H]1[C@@H]2[C@@H](O)C[C@@]2(C)[C@H]1C[C@H]1O[C@@H](c3ccc(Cc4cnc(NC(=O)OCc5ccc(NC(=O)[C@H](CCC(=O)O)NC(=O)CNC(=O)CCC(=O)ON6C(=O)C=CC6=O)cc5)s4)cc3)O[C@]12C(=O)CO. The molecular formula is C55H58N6O17S. The van der Waals surface area contributed by atoms with Crippen LogP contribution in [0, 0.1) is 28.6 Å². The molecule has 3 heterocycles. The minimum atomic E-state index is -1.47. The van der Waals surface area contributed by atoms with Crippen LogP contribution in [0.4, 0.5) is 15.6 Å². The first kappa shape index (κ1) is 56.0. The van der Waals surface area contributed by atoms with Gasteiger partial charge in [0.2, 0.25) is 17.7 Å². The van der Waals surface area contributed by atoms with Gasteiger partial charge in [-0.2, -0.15) is 0 Å². The summed E-state index contributed by atoms with van der Waals surface area (Å²) >= 11 is 1.25. The van der Waals surface area contributed by atoms with Gasteiger partial charge in [-0.1, -0.05) is 67.0 Å². The molecule has 2 aliphatic heterocycles. The Morgan fingerprint density at radius 1 is 0.911 bits per heavy atom. The summed E-state index contributed by atoms with van der Waals surface area (Å²) in [5.74, 6) is -7.02. The Bertz CT molecular complexity index is 3050. The number of hydrogen-bond acceptors (Lipinski definition) is 18. The van der Waals surface area contributed by atoms with Crippen LogP contribution in [0.3, 0.4) is 0 Å². The van der Waals surface area contributed by atoms with Gasteiger partial charge in [-0.05, 0) is 79.4 Å². The highest BCUT2D eigenvalue weighted by molar-refractivity contribution is 7.15. The summed E-state index contributed by atoms with van der Waals surface area (Å²) in [5.41, 5.74) is 0.661. The van der Waals surface area contributed by atoms with Crippen LogP contribution < -0.4 is 21.3 Å². The summed E-state index contributed by atoms with van der Waals surface area (Å²) in [6.45, 7) is 2.57. The largest absolute Gasteiger partial charge is 0.481 e. The van der Waals surface area contributed by atoms with E-state index in [4.69, 9.17) is 14.2 Å². The number of nitrogens with one attached hydrogen (secondary N) is 4. The zero-order chi connectivity index (χ0) is 56.4. The molecule has 4 fully saturated rings. The number of aliphatic hydroxyl groups is 2. The average molecular weight is 1110 g/mol. The fourth-order valence-electron chi connectivity index (χ4n) is 12.3. The number of ether oxygens (including phenoxy) is 3. The standard InChI is InChI=1S/C55H58N6O17S/c1-53-20-19-34(63)22-32(53)9-12-36-37-23-41-55(40(65)27-62,54(37,2)24-39(64)48(36)53)77-50(76-41)31-7-3-29(4-8-31)21-35-25-57-51(79-35)60-52(74)75-28-30-5-10-33(11-6-30)58-49(73)38(13-17-46(70)71)59-43(67)26-56-42(66)14-18-47(72)78-61-44(68)15-16-45(61)69/h3-8,10-11,15-16,19-20,22,25,36-39,41,48,50,62,64H,9,12-14,17-18,21,23-24,26-28H2,1-2H3,(H,56,66)(H,58,73)(H,59,67)(H,70,71)(H,57,60,74)/t36-,37-,38-,39-,41+,48+,50+,53-,54-,55+/m0/s1. The number of carboxylic acids is 1. The number of benzene rings is 2. The predicted molar refractivity (Wildman–Crippen MR) is 275 cm³/mol. The van der Waals surface area contributed by atoms with Crippen LogP contribution >= 0.6 is 11.3 Å². The molecule has 2 aromatic carbocycles. The molecule has 0 spiro atoms. The average Bonchev–Trinajstić information content (AvgIpc) is 1.98. The van der Waals surface area contributed by atoms with Crippen molar-refractivity contribution in [3.8, 4) is 0 Å². The molecule has 9 rings (SSSR count). The number of aromatic nitrogens is 1. The van der Waals surface area contributed by atoms with Crippen molar-refractivity contribution >= 4 is 81.3 Å². The zero-order valence-electron chi connectivity index (χ0n) is 43.0. The Kier molecular flexibility index (Phi) is 16.2. The van der Waals surface area contributed by atoms with E-state index >= 15 is 0 Å². The Morgan fingerprint density at radius 3 is 2.34 bits per heavy atom. The molecule has 0 bridgehead atoms. The summed E-state index contributed by atoms with van der Waals surface area (Å²) < 4.78 is 18.7. The Morgan fingerprint density at radius 2 is 1.63 bits per heavy atom. The van der Waals surface area contributed by atoms with E-state index in [2.05, 4.69) is 38.0 Å². The number of aliphatic carboxylic acids is 1. The molecule has 79 heavy (non-hydrogen) atoms. The highest BCUT2D eigenvalue weighted by Crippen LogP contribution is 2.70. The topological polar surface area (TPSA) is 333 Å². The zero-order valence-corrected chi connectivity index (χ0v) is 43.8. The second kappa shape index (κ2) is 22.9. The number of ketones is 2. The molecule has 416 valence electrons. The van der Waals surface area contributed by atoms with Gasteiger partial charge in [0.25, 0.3) is 11.8 Å². The fourth-order valence-corrected chi connectivity index (χ4v) is 13.2. The van der Waals surface area contributed by atoms with Gasteiger partial charge in [-0.3, -0.25) is 43.7 Å². The summed E-state index contributed by atoms with van der Waals surface area (Å²) in [7, 11) is 0. The van der Waals surface area contributed by atoms with Crippen LogP contribution in [-0.4, -0.2) is 122 Å². The lowest BCUT2D eigenvalue weighted by Gasteiger charge is -2.59. The van der Waals surface area contributed by atoms with E-state index in [1.165, 1.54) is 23.5 Å². The number of carbonyl (C=O) groups excluding carboxylic acids is 9. The van der Waals surface area contributed by atoms with E-state index in [0.717, 1.165) is 34.6 Å². The molecule has 7 N–H and O–H groups in total. The van der Waals surface area contributed by atoms with Crippen LogP contribution in [0.1, 0.15) is 93.1 Å². The van der Waals surface area contributed by atoms with Crippen molar-refractivity contribution in [2.24, 2.45) is 28.6 Å². The molecule has 24 heteroatoms. The number of aliphatic hydroxyl groups excluding tert-OH is 2. The number of carbonyl (C=O) groups is 10. The molecule has 0 unspecified atom stereocenters. The predicted octanol–water partition coefficient (Wildman–Crippen LogP) is 3.65. The summed E-state index contributed by atoms with van der Waals surface area (Å²) in [6, 6.07) is 12.4. The summed E-state index contributed by atoms with van der Waals surface area (Å²) in [6.07, 6.45) is 6.55. The molecule has 0 radical (unpaired) electrons. The van der Waals surface area contributed by atoms with Crippen molar-refractivity contribution in [2.45, 2.75) is 108 Å². The maximum atomic E-state index is 14.0. The third-order valence-corrected chi connectivity index (χ3v) is 17.0. The van der Waals surface area contributed by atoms with Crippen LogP contribution in [0.2, 0.25) is 0 Å². The molecule has 4 aliphatic carbocycles. The normalized spacial score (nSPS) is 27.6. The Hall–Kier alpha value is -7.77. The molecular weight excluding hydrogens is 1050 g/mol. The van der Waals surface area contributed by atoms with Gasteiger partial charge in [0, 0.05) is 70.5 Å². The molecule has 3 aromatic rings. The first-order valence-corrected chi connectivity index (χ1v) is 26.5. The third-order valence-electron chi connectivity index (χ3n) is 16.0. The number of rotatable bonds is 20. The highest BCUT2D eigenvalue weighted by Gasteiger charge is 2.76. The molecule has 10 atom stereocenters.